The molecular weight excluding hydrogens is 409 g/mol. The number of benzene rings is 1. The lowest BCUT2D eigenvalue weighted by molar-refractivity contribution is 0.287. The number of rotatable bonds is 7. The fourth-order valence-electron chi connectivity index (χ4n) is 3.69. The molecule has 0 spiro atoms. The Bertz CT molecular complexity index is 1190. The molecule has 0 atom stereocenters. The van der Waals surface area contributed by atoms with E-state index in [4.69, 9.17) is 15.6 Å². The molecule has 0 amide bonds. The van der Waals surface area contributed by atoms with Crippen LogP contribution in [0, 0.1) is 5.82 Å². The van der Waals surface area contributed by atoms with E-state index >= 15 is 0 Å². The van der Waals surface area contributed by atoms with E-state index in [1.807, 2.05) is 18.2 Å². The number of sulfonamides is 1. The van der Waals surface area contributed by atoms with Gasteiger partial charge in [-0.1, -0.05) is 12.1 Å². The zero-order chi connectivity index (χ0) is 21.3. The van der Waals surface area contributed by atoms with Crippen LogP contribution in [0.5, 0.6) is 5.88 Å². The second kappa shape index (κ2) is 8.04. The molecule has 3 aromatic rings. The predicted octanol–water partition coefficient (Wildman–Crippen LogP) is 2.27. The molecule has 2 aromatic heterocycles. The Morgan fingerprint density at radius 1 is 1.23 bits per heavy atom. The number of nitrogen functional groups attached to an aromatic ring is 1. The maximum absolute atomic E-state index is 13.6. The zero-order valence-electron chi connectivity index (χ0n) is 16.2. The summed E-state index contributed by atoms with van der Waals surface area (Å²) in [6, 6.07) is 7.89. The lowest BCUT2D eigenvalue weighted by Crippen LogP contribution is -2.15. The molecule has 1 aliphatic rings. The topological polar surface area (TPSA) is 126 Å². The van der Waals surface area contributed by atoms with E-state index in [0.29, 0.717) is 18.9 Å². The number of pyridine rings is 1. The quantitative estimate of drug-likeness (QED) is 0.437. The molecule has 1 aromatic carbocycles. The molecule has 0 unspecified atom stereocenters. The highest BCUT2D eigenvalue weighted by atomic mass is 32.2. The van der Waals surface area contributed by atoms with Gasteiger partial charge in [0.15, 0.2) is 5.82 Å². The van der Waals surface area contributed by atoms with Crippen LogP contribution in [0.25, 0.3) is 11.1 Å². The van der Waals surface area contributed by atoms with Gasteiger partial charge >= 0.3 is 0 Å². The third kappa shape index (κ3) is 4.14. The van der Waals surface area contributed by atoms with E-state index in [9.17, 15) is 12.8 Å². The van der Waals surface area contributed by atoms with Gasteiger partial charge in [-0.3, -0.25) is 4.68 Å². The Morgan fingerprint density at radius 2 is 2.07 bits per heavy atom. The maximum Gasteiger partial charge on any atom is 0.260 e. The number of aryl methyl sites for hydroxylation is 2. The average molecular weight is 431 g/mol. The number of aromatic nitrogens is 3. The maximum atomic E-state index is 13.6. The van der Waals surface area contributed by atoms with Gasteiger partial charge in [0.1, 0.15) is 0 Å². The average Bonchev–Trinajstić information content (AvgIpc) is 3.32. The van der Waals surface area contributed by atoms with Gasteiger partial charge in [-0.2, -0.15) is 5.10 Å². The summed E-state index contributed by atoms with van der Waals surface area (Å²) in [4.78, 5) is 4.22. The first kappa shape index (κ1) is 20.3. The van der Waals surface area contributed by atoms with Gasteiger partial charge < -0.3 is 10.5 Å². The fraction of sp³-hybridized carbons (Fsp3) is 0.300. The highest BCUT2D eigenvalue weighted by molar-refractivity contribution is 7.89. The van der Waals surface area contributed by atoms with Crippen molar-refractivity contribution in [3.05, 3.63) is 53.6 Å². The van der Waals surface area contributed by atoms with Crippen LogP contribution in [0.15, 0.2) is 41.7 Å². The van der Waals surface area contributed by atoms with Crippen molar-refractivity contribution in [1.82, 2.24) is 14.8 Å². The summed E-state index contributed by atoms with van der Waals surface area (Å²) in [6.07, 6.45) is 6.34. The molecule has 10 heteroatoms. The molecule has 4 rings (SSSR count). The van der Waals surface area contributed by atoms with Crippen LogP contribution in [-0.4, -0.2) is 29.8 Å². The van der Waals surface area contributed by atoms with Crippen LogP contribution >= 0.6 is 0 Å². The number of nitrogens with zero attached hydrogens (tertiary/aromatic N) is 3. The number of nitrogens with two attached hydrogens (primary N) is 2. The Labute approximate surface area is 173 Å². The third-order valence-electron chi connectivity index (χ3n) is 5.11. The van der Waals surface area contributed by atoms with Gasteiger partial charge in [0, 0.05) is 36.5 Å². The minimum absolute atomic E-state index is 0.268. The van der Waals surface area contributed by atoms with Gasteiger partial charge in [0.05, 0.1) is 12.8 Å². The summed E-state index contributed by atoms with van der Waals surface area (Å²) < 4.78 is 43.0. The minimum atomic E-state index is -4.18. The van der Waals surface area contributed by atoms with E-state index in [0.717, 1.165) is 42.3 Å². The normalized spacial score (nSPS) is 13.4. The van der Waals surface area contributed by atoms with Crippen molar-refractivity contribution in [2.24, 2.45) is 5.14 Å². The van der Waals surface area contributed by atoms with Gasteiger partial charge in [-0.15, -0.1) is 0 Å². The van der Waals surface area contributed by atoms with Crippen LogP contribution in [0.2, 0.25) is 0 Å². The Morgan fingerprint density at radius 3 is 2.83 bits per heavy atom. The summed E-state index contributed by atoms with van der Waals surface area (Å²) in [6.45, 7) is 0.562. The van der Waals surface area contributed by atoms with Crippen LogP contribution < -0.4 is 15.6 Å². The Hall–Kier alpha value is -2.98. The second-order valence-electron chi connectivity index (χ2n) is 7.19. The van der Waals surface area contributed by atoms with E-state index in [-0.39, 0.29) is 6.54 Å². The predicted molar refractivity (Wildman–Crippen MR) is 110 cm³/mol. The molecule has 0 aliphatic heterocycles. The molecule has 0 saturated heterocycles. The van der Waals surface area contributed by atoms with E-state index in [1.165, 1.54) is 15.8 Å². The van der Waals surface area contributed by atoms with Crippen LogP contribution in [0.3, 0.4) is 0 Å². The molecule has 158 valence electrons. The number of halogens is 1. The molecule has 0 fully saturated rings. The van der Waals surface area contributed by atoms with Crippen molar-refractivity contribution in [3.8, 4) is 17.0 Å². The van der Waals surface area contributed by atoms with Crippen LogP contribution in [0.4, 0.5) is 10.1 Å². The van der Waals surface area contributed by atoms with Crippen molar-refractivity contribution in [2.45, 2.75) is 37.3 Å². The molecule has 0 saturated carbocycles. The van der Waals surface area contributed by atoms with E-state index in [2.05, 4.69) is 16.1 Å². The van der Waals surface area contributed by atoms with Crippen molar-refractivity contribution in [2.75, 3.05) is 12.3 Å². The highest BCUT2D eigenvalue weighted by Crippen LogP contribution is 2.35. The van der Waals surface area contributed by atoms with Gasteiger partial charge in [-0.05, 0) is 42.0 Å². The van der Waals surface area contributed by atoms with E-state index < -0.39 is 20.9 Å². The van der Waals surface area contributed by atoms with Crippen LogP contribution in [0.1, 0.15) is 24.0 Å². The van der Waals surface area contributed by atoms with Crippen molar-refractivity contribution in [3.63, 3.8) is 0 Å². The smallest absolute Gasteiger partial charge is 0.260 e. The first-order chi connectivity index (χ1) is 14.3. The second-order valence-corrected chi connectivity index (χ2v) is 8.67. The SMILES string of the molecule is Nc1c(-c2ccnc(OCCCn3cc(F)c(S(N)(=O)=O)n3)c2)ccc2c1CCC2. The lowest BCUT2D eigenvalue weighted by atomic mass is 9.98. The van der Waals surface area contributed by atoms with Gasteiger partial charge in [0.25, 0.3) is 10.0 Å². The summed E-state index contributed by atoms with van der Waals surface area (Å²) in [5, 5.41) is 7.82. The largest absolute Gasteiger partial charge is 0.478 e. The molecule has 2 heterocycles. The lowest BCUT2D eigenvalue weighted by Gasteiger charge is -2.12. The third-order valence-corrected chi connectivity index (χ3v) is 5.93. The van der Waals surface area contributed by atoms with Crippen molar-refractivity contribution in [1.29, 1.82) is 0 Å². The summed E-state index contributed by atoms with van der Waals surface area (Å²) in [7, 11) is -4.18. The highest BCUT2D eigenvalue weighted by Gasteiger charge is 2.19. The van der Waals surface area contributed by atoms with Gasteiger partial charge in [0.2, 0.25) is 10.9 Å². The number of ether oxygens (including phenoxy) is 1. The number of hydrogen-bond donors (Lipinski definition) is 2. The zero-order valence-corrected chi connectivity index (χ0v) is 17.0. The monoisotopic (exact) mass is 431 g/mol. The van der Waals surface area contributed by atoms with Crippen LogP contribution in [-0.2, 0) is 29.4 Å². The molecular formula is C20H22FN5O3S. The number of primary sulfonamides is 1. The molecule has 8 nitrogen and oxygen atoms in total. The standard InChI is InChI=1S/C20H22FN5O3S/c21-17-12-26(25-20(17)30(23,27)28)9-2-10-29-18-11-14(7-8-24-18)16-6-5-13-3-1-4-15(13)19(16)22/h5-8,11-12H,1-4,9-10,22H2,(H2,23,27,28). The van der Waals surface area contributed by atoms with Gasteiger partial charge in [-0.25, -0.2) is 22.9 Å². The first-order valence-corrected chi connectivity index (χ1v) is 11.1. The number of fused-ring (bicyclic) bond motifs is 1. The van der Waals surface area contributed by atoms with E-state index in [1.54, 1.807) is 6.20 Å². The summed E-state index contributed by atoms with van der Waals surface area (Å²) in [5.41, 5.74) is 11.7. The van der Waals surface area contributed by atoms with Crippen molar-refractivity contribution < 1.29 is 17.5 Å². The first-order valence-electron chi connectivity index (χ1n) is 9.58. The minimum Gasteiger partial charge on any atom is -0.478 e. The fourth-order valence-corrected chi connectivity index (χ4v) is 4.24. The number of anilines is 1. The van der Waals surface area contributed by atoms with Crippen molar-refractivity contribution >= 4 is 15.7 Å². The Balaban J connectivity index is 1.39. The molecule has 4 N–H and O–H groups in total. The summed E-state index contributed by atoms with van der Waals surface area (Å²) in [5.74, 6) is -0.524. The Kier molecular flexibility index (Phi) is 5.44. The summed E-state index contributed by atoms with van der Waals surface area (Å²) >= 11 is 0. The molecule has 0 bridgehead atoms. The molecule has 1 aliphatic carbocycles. The molecule has 30 heavy (non-hydrogen) atoms. The molecule has 0 radical (unpaired) electrons. The number of hydrogen-bond acceptors (Lipinski definition) is 6.